The predicted octanol–water partition coefficient (Wildman–Crippen LogP) is 2.31. The molecular weight excluding hydrogens is 324 g/mol. The van der Waals surface area contributed by atoms with Gasteiger partial charge in [0.2, 0.25) is 0 Å². The van der Waals surface area contributed by atoms with Crippen LogP contribution in [0.3, 0.4) is 0 Å². The van der Waals surface area contributed by atoms with E-state index in [9.17, 15) is 19.7 Å². The number of aliphatic imine (C=N–C) groups is 1. The van der Waals surface area contributed by atoms with Crippen molar-refractivity contribution in [1.82, 2.24) is 4.90 Å². The van der Waals surface area contributed by atoms with E-state index >= 15 is 0 Å². The number of nitrogens with one attached hydrogen (secondary N) is 1. The molecule has 2 heterocycles. The number of hydrogen-bond donors (Lipinski definition) is 1. The Morgan fingerprint density at radius 2 is 2.16 bits per heavy atom. The monoisotopic (exact) mass is 340 g/mol. The predicted molar refractivity (Wildman–Crippen MR) is 92.0 cm³/mol. The molecule has 0 saturated heterocycles. The van der Waals surface area contributed by atoms with Crippen molar-refractivity contribution in [3.8, 4) is 0 Å². The van der Waals surface area contributed by atoms with Crippen LogP contribution >= 0.6 is 0 Å². The molecule has 0 fully saturated rings. The third-order valence-corrected chi connectivity index (χ3v) is 4.27. The van der Waals surface area contributed by atoms with Gasteiger partial charge in [-0.3, -0.25) is 19.7 Å². The maximum atomic E-state index is 12.9. The van der Waals surface area contributed by atoms with E-state index in [0.717, 1.165) is 0 Å². The van der Waals surface area contributed by atoms with Crippen molar-refractivity contribution >= 4 is 29.0 Å². The number of carbonyl (C=O) groups excluding carboxylic acids is 2. The number of benzene rings is 1. The van der Waals surface area contributed by atoms with Crippen LogP contribution in [-0.2, 0) is 9.59 Å². The van der Waals surface area contributed by atoms with Crippen molar-refractivity contribution in [2.75, 3.05) is 5.32 Å². The molecule has 0 radical (unpaired) electrons. The number of nitro groups is 1. The number of rotatable bonds is 3. The molecule has 8 heteroatoms. The van der Waals surface area contributed by atoms with Crippen LogP contribution in [0, 0.1) is 17.0 Å². The molecule has 0 aromatic heterocycles. The first kappa shape index (κ1) is 16.6. The highest BCUT2D eigenvalue weighted by Gasteiger charge is 2.45. The first-order valence-electron chi connectivity index (χ1n) is 7.63. The number of nitrogens with zero attached hydrogens (tertiary/aromatic N) is 3. The number of aryl methyl sites for hydroxylation is 1. The van der Waals surface area contributed by atoms with Gasteiger partial charge in [-0.2, -0.15) is 4.99 Å². The minimum atomic E-state index is -1.17. The molecule has 1 N–H and O–H groups in total. The summed E-state index contributed by atoms with van der Waals surface area (Å²) in [6.07, 6.45) is 6.73. The first-order chi connectivity index (χ1) is 11.8. The van der Waals surface area contributed by atoms with Gasteiger partial charge in [0.25, 0.3) is 17.5 Å². The fourth-order valence-corrected chi connectivity index (χ4v) is 2.79. The number of amides is 2. The number of fused-ring (bicyclic) bond motifs is 1. The molecule has 1 atom stereocenters. The van der Waals surface area contributed by atoms with Crippen LogP contribution in [-0.4, -0.2) is 33.0 Å². The van der Waals surface area contributed by atoms with Gasteiger partial charge < -0.3 is 10.2 Å². The first-order valence-corrected chi connectivity index (χ1v) is 7.63. The zero-order valence-electron chi connectivity index (χ0n) is 13.7. The van der Waals surface area contributed by atoms with Crippen molar-refractivity contribution in [2.45, 2.75) is 25.8 Å². The summed E-state index contributed by atoms with van der Waals surface area (Å²) >= 11 is 0. The summed E-state index contributed by atoms with van der Waals surface area (Å²) in [5.74, 6) is -0.427. The molecule has 1 aromatic carbocycles. The van der Waals surface area contributed by atoms with Gasteiger partial charge in [0.1, 0.15) is 11.4 Å². The van der Waals surface area contributed by atoms with E-state index in [0.29, 0.717) is 17.1 Å². The van der Waals surface area contributed by atoms with E-state index in [1.165, 1.54) is 12.1 Å². The quantitative estimate of drug-likeness (QED) is 0.671. The zero-order valence-corrected chi connectivity index (χ0v) is 13.7. The van der Waals surface area contributed by atoms with Gasteiger partial charge in [-0.1, -0.05) is 12.1 Å². The minimum Gasteiger partial charge on any atom is -0.324 e. The van der Waals surface area contributed by atoms with Crippen LogP contribution in [0.2, 0.25) is 0 Å². The van der Waals surface area contributed by atoms with Gasteiger partial charge in [0.15, 0.2) is 0 Å². The lowest BCUT2D eigenvalue weighted by molar-refractivity contribution is -0.384. The molecule has 8 nitrogen and oxygen atoms in total. The van der Waals surface area contributed by atoms with E-state index in [2.05, 4.69) is 10.3 Å². The Balaban J connectivity index is 1.93. The van der Waals surface area contributed by atoms with Crippen molar-refractivity contribution in [1.29, 1.82) is 0 Å². The van der Waals surface area contributed by atoms with E-state index in [1.54, 1.807) is 49.2 Å². The van der Waals surface area contributed by atoms with Gasteiger partial charge in [0.05, 0.1) is 17.0 Å². The average Bonchev–Trinajstić information content (AvgIpc) is 2.56. The van der Waals surface area contributed by atoms with Gasteiger partial charge in [0, 0.05) is 18.3 Å². The van der Waals surface area contributed by atoms with Crippen LogP contribution in [0.4, 0.5) is 11.4 Å². The van der Waals surface area contributed by atoms with Crippen molar-refractivity contribution in [3.63, 3.8) is 0 Å². The maximum Gasteiger partial charge on any atom is 0.271 e. The number of carbonyl (C=O) groups is 2. The second kappa shape index (κ2) is 5.97. The molecule has 0 saturated carbocycles. The van der Waals surface area contributed by atoms with E-state index < -0.39 is 16.4 Å². The van der Waals surface area contributed by atoms with Gasteiger partial charge >= 0.3 is 0 Å². The smallest absolute Gasteiger partial charge is 0.271 e. The van der Waals surface area contributed by atoms with Gasteiger partial charge in [-0.25, -0.2) is 0 Å². The second-order valence-electron chi connectivity index (χ2n) is 6.10. The Labute approximate surface area is 143 Å². The lowest BCUT2D eigenvalue weighted by Gasteiger charge is -2.41. The summed E-state index contributed by atoms with van der Waals surface area (Å²) < 4.78 is 0. The SMILES string of the molecule is Cc1ccc([N+](=O)[O-])cc1NC(=O)C1(C)CC(=O)N=C2C=CC=CN21. The minimum absolute atomic E-state index is 0.0888. The summed E-state index contributed by atoms with van der Waals surface area (Å²) in [5, 5.41) is 13.7. The second-order valence-corrected chi connectivity index (χ2v) is 6.10. The highest BCUT2D eigenvalue weighted by molar-refractivity contribution is 6.12. The normalized spacial score (nSPS) is 21.6. The number of nitro benzene ring substituents is 1. The summed E-state index contributed by atoms with van der Waals surface area (Å²) in [4.78, 5) is 40.9. The van der Waals surface area contributed by atoms with Crippen LogP contribution in [0.15, 0.2) is 47.6 Å². The molecule has 128 valence electrons. The zero-order chi connectivity index (χ0) is 18.2. The lowest BCUT2D eigenvalue weighted by Crippen LogP contribution is -2.58. The van der Waals surface area contributed by atoms with Gasteiger partial charge in [-0.05, 0) is 31.6 Å². The summed E-state index contributed by atoms with van der Waals surface area (Å²) in [7, 11) is 0. The molecule has 25 heavy (non-hydrogen) atoms. The van der Waals surface area contributed by atoms with Crippen LogP contribution in [0.1, 0.15) is 18.9 Å². The van der Waals surface area contributed by atoms with E-state index in [-0.39, 0.29) is 18.0 Å². The molecule has 0 aliphatic carbocycles. The van der Waals surface area contributed by atoms with Gasteiger partial charge in [-0.15, -0.1) is 0 Å². The van der Waals surface area contributed by atoms with Crippen molar-refractivity contribution in [3.05, 3.63) is 58.3 Å². The topological polar surface area (TPSA) is 105 Å². The molecule has 2 amide bonds. The molecule has 2 aliphatic heterocycles. The molecule has 0 spiro atoms. The van der Waals surface area contributed by atoms with Crippen LogP contribution < -0.4 is 5.32 Å². The number of allylic oxidation sites excluding steroid dienone is 2. The Morgan fingerprint density at radius 1 is 1.40 bits per heavy atom. The largest absolute Gasteiger partial charge is 0.324 e. The third kappa shape index (κ3) is 2.93. The van der Waals surface area contributed by atoms with Crippen LogP contribution in [0.5, 0.6) is 0 Å². The molecule has 1 aromatic rings. The van der Waals surface area contributed by atoms with Crippen LogP contribution in [0.25, 0.3) is 0 Å². The maximum absolute atomic E-state index is 12.9. The Bertz CT molecular complexity index is 871. The molecular formula is C17H16N4O4. The third-order valence-electron chi connectivity index (χ3n) is 4.27. The van der Waals surface area contributed by atoms with Crippen molar-refractivity contribution in [2.24, 2.45) is 4.99 Å². The fourth-order valence-electron chi connectivity index (χ4n) is 2.79. The number of non-ortho nitro benzene ring substituents is 1. The summed E-state index contributed by atoms with van der Waals surface area (Å²) in [6.45, 7) is 3.38. The fraction of sp³-hybridized carbons (Fsp3) is 0.235. The number of anilines is 1. The number of hydrogen-bond acceptors (Lipinski definition) is 5. The van der Waals surface area contributed by atoms with Crippen molar-refractivity contribution < 1.29 is 14.5 Å². The summed E-state index contributed by atoms with van der Waals surface area (Å²) in [6, 6.07) is 4.25. The van der Waals surface area contributed by atoms with E-state index in [4.69, 9.17) is 0 Å². The Kier molecular flexibility index (Phi) is 3.96. The summed E-state index contributed by atoms with van der Waals surface area (Å²) in [5.41, 5.74) is -0.262. The highest BCUT2D eigenvalue weighted by atomic mass is 16.6. The molecule has 3 rings (SSSR count). The Hall–Kier alpha value is -3.29. The highest BCUT2D eigenvalue weighted by Crippen LogP contribution is 2.30. The average molecular weight is 340 g/mol. The molecule has 2 aliphatic rings. The Morgan fingerprint density at radius 3 is 2.88 bits per heavy atom. The number of amidine groups is 1. The molecule has 1 unspecified atom stereocenters. The lowest BCUT2D eigenvalue weighted by atomic mass is 9.91. The standard InChI is InChI=1S/C17H16N4O4/c1-11-6-7-12(21(24)25)9-13(11)18-16(23)17(2)10-15(22)19-14-5-3-4-8-20(14)17/h3-9H,10H2,1-2H3,(H,18,23). The van der Waals surface area contributed by atoms with E-state index in [1.807, 2.05) is 0 Å². The molecule has 0 bridgehead atoms.